The largest absolute Gasteiger partial charge is 0.458 e. The van der Waals surface area contributed by atoms with Crippen molar-refractivity contribution in [2.24, 2.45) is 17.8 Å². The molecule has 8 aliphatic rings. The minimum Gasteiger partial charge on any atom is -0.458 e. The Morgan fingerprint density at radius 1 is 1.11 bits per heavy atom. The van der Waals surface area contributed by atoms with E-state index in [0.717, 1.165) is 56.6 Å². The van der Waals surface area contributed by atoms with Gasteiger partial charge in [-0.15, -0.1) is 0 Å². The highest BCUT2D eigenvalue weighted by molar-refractivity contribution is 5.92. The highest BCUT2D eigenvalue weighted by atomic mass is 16.8. The Bertz CT molecular complexity index is 1050. The molecule has 3 aliphatic carbocycles. The first-order valence-electron chi connectivity index (χ1n) is 13.4. The first-order chi connectivity index (χ1) is 16.8. The smallest absolute Gasteiger partial charge is 0.334 e. The summed E-state index contributed by atoms with van der Waals surface area (Å²) in [5.41, 5.74) is 0.340. The van der Waals surface area contributed by atoms with Gasteiger partial charge in [-0.2, -0.15) is 0 Å². The van der Waals surface area contributed by atoms with Gasteiger partial charge in [-0.25, -0.2) is 4.79 Å². The lowest BCUT2D eigenvalue weighted by atomic mass is 9.53. The van der Waals surface area contributed by atoms with Gasteiger partial charge in [-0.3, -0.25) is 9.69 Å². The predicted octanol–water partition coefficient (Wildman–Crippen LogP) is 0.511. The Hall–Kier alpha value is -1.52. The summed E-state index contributed by atoms with van der Waals surface area (Å²) in [6.45, 7) is 8.64. The van der Waals surface area contributed by atoms with Crippen LogP contribution in [-0.4, -0.2) is 109 Å². The fourth-order valence-corrected chi connectivity index (χ4v) is 8.74. The van der Waals surface area contributed by atoms with Crippen molar-refractivity contribution in [1.82, 2.24) is 9.80 Å². The van der Waals surface area contributed by atoms with E-state index in [1.807, 2.05) is 0 Å². The van der Waals surface area contributed by atoms with Crippen molar-refractivity contribution in [3.63, 3.8) is 0 Å². The van der Waals surface area contributed by atoms with Gasteiger partial charge in [0.25, 0.3) is 0 Å². The topological polar surface area (TPSA) is 96.7 Å². The zero-order valence-electron chi connectivity index (χ0n) is 20.7. The molecule has 9 nitrogen and oxygen atoms in total. The molecule has 0 N–H and O–H groups in total. The van der Waals surface area contributed by atoms with Crippen LogP contribution in [0, 0.1) is 17.8 Å². The number of likely N-dealkylation sites (N-methyl/N-ethyl adjacent to an activating group) is 1. The number of ether oxygens (including phenoxy) is 5. The third kappa shape index (κ3) is 2.47. The molecule has 0 radical (unpaired) electrons. The molecule has 9 atom stereocenters. The zero-order valence-corrected chi connectivity index (χ0v) is 20.7. The van der Waals surface area contributed by atoms with Crippen molar-refractivity contribution in [2.45, 2.75) is 74.3 Å². The summed E-state index contributed by atoms with van der Waals surface area (Å²) < 4.78 is 31.6. The Balaban J connectivity index is 1.11. The number of hydrogen-bond donors (Lipinski definition) is 0. The van der Waals surface area contributed by atoms with Crippen molar-refractivity contribution in [3.8, 4) is 0 Å². The normalized spacial score (nSPS) is 51.4. The molecule has 4 saturated heterocycles. The molecule has 190 valence electrons. The minimum atomic E-state index is -0.643. The number of nitrogens with zero attached hydrogens (tertiary/aromatic N) is 2. The Kier molecular flexibility index (Phi) is 4.11. The average molecular weight is 487 g/mol. The van der Waals surface area contributed by atoms with Gasteiger partial charge in [0.05, 0.1) is 12.6 Å². The van der Waals surface area contributed by atoms with Crippen LogP contribution in [0.4, 0.5) is 0 Å². The maximum Gasteiger partial charge on any atom is 0.334 e. The second-order valence-corrected chi connectivity index (χ2v) is 12.3. The van der Waals surface area contributed by atoms with Gasteiger partial charge in [0.1, 0.15) is 30.0 Å². The second-order valence-electron chi connectivity index (χ2n) is 12.3. The number of carbonyl (C=O) groups excluding carboxylic acids is 2. The van der Waals surface area contributed by atoms with Gasteiger partial charge in [-0.05, 0) is 43.7 Å². The number of esters is 2. The van der Waals surface area contributed by atoms with Gasteiger partial charge < -0.3 is 28.6 Å². The molecule has 0 aromatic rings. The summed E-state index contributed by atoms with van der Waals surface area (Å²) in [6.07, 6.45) is 1.79. The van der Waals surface area contributed by atoms with E-state index in [9.17, 15) is 9.59 Å². The first-order valence-corrected chi connectivity index (χ1v) is 13.4. The van der Waals surface area contributed by atoms with Crippen molar-refractivity contribution < 1.29 is 33.3 Å². The van der Waals surface area contributed by atoms with E-state index >= 15 is 0 Å². The fraction of sp³-hybridized carbons (Fsp3) is 0.846. The quantitative estimate of drug-likeness (QED) is 0.416. The van der Waals surface area contributed by atoms with Crippen LogP contribution in [0.2, 0.25) is 0 Å². The molecule has 35 heavy (non-hydrogen) atoms. The highest BCUT2D eigenvalue weighted by Crippen LogP contribution is 2.80. The van der Waals surface area contributed by atoms with E-state index < -0.39 is 22.9 Å². The molecule has 9 heteroatoms. The summed E-state index contributed by atoms with van der Waals surface area (Å²) in [7, 11) is 2.11. The molecular weight excluding hydrogens is 452 g/mol. The van der Waals surface area contributed by atoms with Gasteiger partial charge in [0.2, 0.25) is 0 Å². The molecule has 8 rings (SSSR count). The lowest BCUT2D eigenvalue weighted by molar-refractivity contribution is -0.167. The van der Waals surface area contributed by atoms with E-state index in [2.05, 4.69) is 30.7 Å². The van der Waals surface area contributed by atoms with Crippen molar-refractivity contribution in [1.29, 1.82) is 0 Å². The van der Waals surface area contributed by atoms with Crippen molar-refractivity contribution in [3.05, 3.63) is 11.1 Å². The number of carbonyl (C=O) groups is 2. The maximum absolute atomic E-state index is 13.3. The van der Waals surface area contributed by atoms with E-state index in [-0.39, 0.29) is 48.0 Å². The number of rotatable bonds is 4. The van der Waals surface area contributed by atoms with Crippen LogP contribution in [0.15, 0.2) is 11.1 Å². The van der Waals surface area contributed by atoms with E-state index in [1.54, 1.807) is 0 Å². The van der Waals surface area contributed by atoms with Crippen LogP contribution in [0.5, 0.6) is 0 Å². The molecule has 0 unspecified atom stereocenters. The standard InChI is InChI=1S/C26H34N2O7/c1-13(2)24-20(34-24)21-25(35-21)17-5-4-14-16(12-31-22(14)30)15(17)10-18-26(25,33-18)23(24)32-19(29)11-28-8-6-27(3)7-9-28/h13,15,17-18,20-21,23H,4-12H2,1-3H3/t15-,17-,18-,20-,21-,23+,24-,25-,26+/m0/s1. The molecule has 2 spiro atoms. The molecule has 0 amide bonds. The van der Waals surface area contributed by atoms with Crippen LogP contribution in [-0.2, 0) is 33.3 Å². The number of cyclic esters (lactones) is 1. The average Bonchev–Trinajstić information content (AvgIpc) is 3.74. The molecule has 0 aromatic heterocycles. The van der Waals surface area contributed by atoms with E-state index in [0.29, 0.717) is 13.2 Å². The van der Waals surface area contributed by atoms with Crippen LogP contribution >= 0.6 is 0 Å². The highest BCUT2D eigenvalue weighted by Gasteiger charge is 2.99. The molecular formula is C26H34N2O7. The predicted molar refractivity (Wildman–Crippen MR) is 120 cm³/mol. The van der Waals surface area contributed by atoms with Crippen LogP contribution in [0.1, 0.15) is 33.1 Å². The monoisotopic (exact) mass is 486 g/mol. The molecule has 0 bridgehead atoms. The number of fused-ring (bicyclic) bond motifs is 4. The zero-order chi connectivity index (χ0) is 23.9. The van der Waals surface area contributed by atoms with Gasteiger partial charge >= 0.3 is 11.9 Å². The maximum atomic E-state index is 13.3. The minimum absolute atomic E-state index is 0.0320. The summed E-state index contributed by atoms with van der Waals surface area (Å²) in [5.74, 6) is 0.281. The SMILES string of the molecule is CC(C)[C@]12O[C@H]1[C@@H]1O[C@@]13[C@H]1CCC4=C(COC4=O)[C@@H]1C[C@@H]1O[C@@]13[C@@H]2OC(=O)CN1CCN(C)CC1. The Labute approximate surface area is 205 Å². The molecule has 2 saturated carbocycles. The fourth-order valence-electron chi connectivity index (χ4n) is 8.74. The van der Waals surface area contributed by atoms with Gasteiger partial charge in [-0.1, -0.05) is 13.8 Å². The number of piperazine rings is 1. The third-order valence-corrected chi connectivity index (χ3v) is 10.6. The molecule has 5 aliphatic heterocycles. The first kappa shape index (κ1) is 21.6. The lowest BCUT2D eigenvalue weighted by Gasteiger charge is -2.47. The summed E-state index contributed by atoms with van der Waals surface area (Å²) in [6, 6.07) is 0. The van der Waals surface area contributed by atoms with Gasteiger partial charge in [0.15, 0.2) is 11.7 Å². The van der Waals surface area contributed by atoms with Crippen LogP contribution in [0.25, 0.3) is 0 Å². The summed E-state index contributed by atoms with van der Waals surface area (Å²) in [5, 5.41) is 0. The second kappa shape index (κ2) is 6.67. The Morgan fingerprint density at radius 2 is 1.91 bits per heavy atom. The van der Waals surface area contributed by atoms with Gasteiger partial charge in [0, 0.05) is 37.7 Å². The van der Waals surface area contributed by atoms with Crippen LogP contribution in [0.3, 0.4) is 0 Å². The molecule has 6 fully saturated rings. The third-order valence-electron chi connectivity index (χ3n) is 10.6. The number of epoxide rings is 3. The summed E-state index contributed by atoms with van der Waals surface area (Å²) in [4.78, 5) is 30.0. The Morgan fingerprint density at radius 3 is 2.69 bits per heavy atom. The number of hydrogen-bond acceptors (Lipinski definition) is 9. The van der Waals surface area contributed by atoms with Crippen molar-refractivity contribution >= 4 is 11.9 Å². The molecule has 0 aromatic carbocycles. The van der Waals surface area contributed by atoms with E-state index in [1.165, 1.54) is 0 Å². The van der Waals surface area contributed by atoms with Crippen LogP contribution < -0.4 is 0 Å². The van der Waals surface area contributed by atoms with Crippen molar-refractivity contribution in [2.75, 3.05) is 46.4 Å². The lowest BCUT2D eigenvalue weighted by Crippen LogP contribution is -2.67. The summed E-state index contributed by atoms with van der Waals surface area (Å²) >= 11 is 0. The molecule has 5 heterocycles. The van der Waals surface area contributed by atoms with E-state index in [4.69, 9.17) is 23.7 Å².